The molecule has 1 N–H and O–H groups in total. The Hall–Kier alpha value is -3.45. The number of benzene rings is 2. The predicted molar refractivity (Wildman–Crippen MR) is 128 cm³/mol. The molecule has 0 radical (unpaired) electrons. The van der Waals surface area contributed by atoms with Gasteiger partial charge in [0.2, 0.25) is 0 Å². The van der Waals surface area contributed by atoms with Crippen LogP contribution in [0.4, 0.5) is 11.4 Å². The van der Waals surface area contributed by atoms with Crippen LogP contribution >= 0.6 is 11.6 Å². The van der Waals surface area contributed by atoms with E-state index in [1.165, 1.54) is 6.26 Å². The Bertz CT molecular complexity index is 1140. The summed E-state index contributed by atoms with van der Waals surface area (Å²) < 4.78 is 10.8. The van der Waals surface area contributed by atoms with Gasteiger partial charge in [0, 0.05) is 31.9 Å². The summed E-state index contributed by atoms with van der Waals surface area (Å²) in [5, 5.41) is 3.36. The molecule has 1 aliphatic heterocycles. The molecular weight excluding hydrogens is 442 g/mol. The van der Waals surface area contributed by atoms with Crippen LogP contribution < -0.4 is 15.0 Å². The summed E-state index contributed by atoms with van der Waals surface area (Å²) in [6.07, 6.45) is 1.50. The van der Waals surface area contributed by atoms with E-state index >= 15 is 0 Å². The molecule has 0 aliphatic carbocycles. The van der Waals surface area contributed by atoms with Gasteiger partial charge in [0.05, 0.1) is 17.0 Å². The first-order valence-corrected chi connectivity index (χ1v) is 11.2. The second kappa shape index (κ2) is 10.0. The molecule has 1 aromatic heterocycles. The fraction of sp³-hybridized carbons (Fsp3) is 0.280. The summed E-state index contributed by atoms with van der Waals surface area (Å²) in [7, 11) is 0. The summed E-state index contributed by atoms with van der Waals surface area (Å²) in [6.45, 7) is 6.33. The van der Waals surface area contributed by atoms with E-state index in [9.17, 15) is 9.59 Å². The van der Waals surface area contributed by atoms with Crippen molar-refractivity contribution in [3.8, 4) is 5.75 Å². The molecule has 1 saturated heterocycles. The smallest absolute Gasteiger partial charge is 0.289 e. The zero-order valence-electron chi connectivity index (χ0n) is 18.6. The van der Waals surface area contributed by atoms with Crippen molar-refractivity contribution in [1.82, 2.24) is 4.90 Å². The van der Waals surface area contributed by atoms with E-state index in [0.29, 0.717) is 48.4 Å². The minimum atomic E-state index is -0.260. The molecule has 2 aromatic carbocycles. The minimum absolute atomic E-state index is 0.0884. The van der Waals surface area contributed by atoms with Gasteiger partial charge < -0.3 is 24.3 Å². The average Bonchev–Trinajstić information content (AvgIpc) is 3.33. The Balaban J connectivity index is 1.30. The van der Waals surface area contributed by atoms with Crippen molar-refractivity contribution >= 4 is 34.8 Å². The van der Waals surface area contributed by atoms with Crippen molar-refractivity contribution in [3.05, 3.63) is 76.7 Å². The molecule has 2 amide bonds. The number of anilines is 2. The van der Waals surface area contributed by atoms with E-state index in [-0.39, 0.29) is 18.4 Å². The molecule has 172 valence electrons. The molecule has 4 rings (SSSR count). The van der Waals surface area contributed by atoms with Crippen LogP contribution in [0, 0.1) is 13.8 Å². The van der Waals surface area contributed by atoms with Crippen LogP contribution in [-0.4, -0.2) is 49.5 Å². The first kappa shape index (κ1) is 22.7. The molecule has 1 fully saturated rings. The lowest BCUT2D eigenvalue weighted by Gasteiger charge is -2.36. The van der Waals surface area contributed by atoms with Crippen LogP contribution in [0.5, 0.6) is 5.75 Å². The van der Waals surface area contributed by atoms with Crippen molar-refractivity contribution in [2.24, 2.45) is 0 Å². The van der Waals surface area contributed by atoms with Gasteiger partial charge in [0.15, 0.2) is 12.4 Å². The van der Waals surface area contributed by atoms with Crippen LogP contribution in [0.15, 0.2) is 59.2 Å². The Labute approximate surface area is 197 Å². The highest BCUT2D eigenvalue weighted by molar-refractivity contribution is 6.33. The summed E-state index contributed by atoms with van der Waals surface area (Å²) in [5.74, 6) is 0.674. The molecule has 7 nitrogen and oxygen atoms in total. The zero-order valence-corrected chi connectivity index (χ0v) is 19.4. The highest BCUT2D eigenvalue weighted by atomic mass is 35.5. The maximum Gasteiger partial charge on any atom is 0.289 e. The van der Waals surface area contributed by atoms with Crippen molar-refractivity contribution in [2.45, 2.75) is 13.8 Å². The second-order valence-electron chi connectivity index (χ2n) is 8.03. The molecule has 1 aliphatic rings. The number of hydrogen-bond acceptors (Lipinski definition) is 5. The number of rotatable bonds is 6. The monoisotopic (exact) mass is 467 g/mol. The topological polar surface area (TPSA) is 75.0 Å². The maximum atomic E-state index is 12.4. The first-order valence-electron chi connectivity index (χ1n) is 10.8. The molecule has 0 saturated carbocycles. The SMILES string of the molecule is Cc1ccc(OCC(=O)Nc2ccc(N3CCN(C(=O)c4ccco4)CC3)c(Cl)c2)c(C)c1. The third kappa shape index (κ3) is 5.49. The molecule has 3 aromatic rings. The van der Waals surface area contributed by atoms with Crippen LogP contribution in [0.2, 0.25) is 5.02 Å². The van der Waals surface area contributed by atoms with Gasteiger partial charge in [0.1, 0.15) is 5.75 Å². The number of amides is 2. The summed E-state index contributed by atoms with van der Waals surface area (Å²) in [4.78, 5) is 28.7. The van der Waals surface area contributed by atoms with E-state index in [4.69, 9.17) is 20.8 Å². The number of carbonyl (C=O) groups excluding carboxylic acids is 2. The second-order valence-corrected chi connectivity index (χ2v) is 8.44. The summed E-state index contributed by atoms with van der Waals surface area (Å²) in [6, 6.07) is 14.6. The van der Waals surface area contributed by atoms with E-state index in [1.54, 1.807) is 23.1 Å². The predicted octanol–water partition coefficient (Wildman–Crippen LogP) is 4.53. The highest BCUT2D eigenvalue weighted by Crippen LogP contribution is 2.30. The number of aryl methyl sites for hydroxylation is 2. The Morgan fingerprint density at radius 3 is 2.52 bits per heavy atom. The summed E-state index contributed by atoms with van der Waals surface area (Å²) >= 11 is 6.52. The zero-order chi connectivity index (χ0) is 23.4. The first-order chi connectivity index (χ1) is 15.9. The van der Waals surface area contributed by atoms with Gasteiger partial charge in [-0.2, -0.15) is 0 Å². The Kier molecular flexibility index (Phi) is 6.89. The number of nitrogens with zero attached hydrogens (tertiary/aromatic N) is 2. The molecule has 0 spiro atoms. The molecule has 0 unspecified atom stereocenters. The molecule has 0 bridgehead atoms. The quantitative estimate of drug-likeness (QED) is 0.576. The highest BCUT2D eigenvalue weighted by Gasteiger charge is 2.24. The van der Waals surface area contributed by atoms with E-state index in [0.717, 1.165) is 16.8 Å². The summed E-state index contributed by atoms with van der Waals surface area (Å²) in [5.41, 5.74) is 3.60. The van der Waals surface area contributed by atoms with E-state index in [2.05, 4.69) is 10.2 Å². The van der Waals surface area contributed by atoms with Crippen molar-refractivity contribution in [3.63, 3.8) is 0 Å². The largest absolute Gasteiger partial charge is 0.483 e. The van der Waals surface area contributed by atoms with Crippen LogP contribution in [0.1, 0.15) is 21.7 Å². The van der Waals surface area contributed by atoms with Crippen molar-refractivity contribution in [2.75, 3.05) is 43.0 Å². The van der Waals surface area contributed by atoms with Gasteiger partial charge in [-0.15, -0.1) is 0 Å². The van der Waals surface area contributed by atoms with Crippen LogP contribution in [-0.2, 0) is 4.79 Å². The lowest BCUT2D eigenvalue weighted by molar-refractivity contribution is -0.118. The van der Waals surface area contributed by atoms with Crippen LogP contribution in [0.25, 0.3) is 0 Å². The fourth-order valence-corrected chi connectivity index (χ4v) is 4.15. The number of carbonyl (C=O) groups is 2. The number of piperazine rings is 1. The van der Waals surface area contributed by atoms with Gasteiger partial charge in [-0.05, 0) is 55.8 Å². The lowest BCUT2D eigenvalue weighted by atomic mass is 10.1. The van der Waals surface area contributed by atoms with Crippen molar-refractivity contribution in [1.29, 1.82) is 0 Å². The minimum Gasteiger partial charge on any atom is -0.483 e. The van der Waals surface area contributed by atoms with Gasteiger partial charge >= 0.3 is 0 Å². The average molecular weight is 468 g/mol. The fourth-order valence-electron chi connectivity index (χ4n) is 3.85. The van der Waals surface area contributed by atoms with E-state index < -0.39 is 0 Å². The molecule has 33 heavy (non-hydrogen) atoms. The number of nitrogens with one attached hydrogen (secondary N) is 1. The van der Waals surface area contributed by atoms with Gasteiger partial charge in [0.25, 0.3) is 11.8 Å². The van der Waals surface area contributed by atoms with Gasteiger partial charge in [-0.25, -0.2) is 0 Å². The lowest BCUT2D eigenvalue weighted by Crippen LogP contribution is -2.48. The van der Waals surface area contributed by atoms with Crippen LogP contribution in [0.3, 0.4) is 0 Å². The number of furan rings is 1. The third-order valence-corrected chi connectivity index (χ3v) is 5.86. The molecular formula is C25H26ClN3O4. The Morgan fingerprint density at radius 1 is 1.06 bits per heavy atom. The normalized spacial score (nSPS) is 13.7. The molecule has 8 heteroatoms. The number of ether oxygens (including phenoxy) is 1. The standard InChI is InChI=1S/C25H26ClN3O4/c1-17-5-8-22(18(2)14-17)33-16-24(30)27-19-6-7-21(20(26)15-19)28-9-11-29(12-10-28)25(31)23-4-3-13-32-23/h3-8,13-15H,9-12,16H2,1-2H3,(H,27,30). The van der Waals surface area contributed by atoms with E-state index in [1.807, 2.05) is 44.2 Å². The van der Waals surface area contributed by atoms with Gasteiger partial charge in [-0.3, -0.25) is 9.59 Å². The third-order valence-electron chi connectivity index (χ3n) is 5.56. The molecule has 0 atom stereocenters. The van der Waals surface area contributed by atoms with Gasteiger partial charge in [-0.1, -0.05) is 29.3 Å². The maximum absolute atomic E-state index is 12.4. The number of halogens is 1. The Morgan fingerprint density at radius 2 is 1.85 bits per heavy atom. The van der Waals surface area contributed by atoms with Crippen molar-refractivity contribution < 1.29 is 18.7 Å². The number of hydrogen-bond donors (Lipinski definition) is 1. The molecule has 2 heterocycles.